The maximum Gasteiger partial charge on any atom is 0.337 e. The molecule has 1 aromatic rings. The van der Waals surface area contributed by atoms with E-state index in [1.807, 2.05) is 19.0 Å². The van der Waals surface area contributed by atoms with Crippen molar-refractivity contribution in [1.29, 1.82) is 0 Å². The van der Waals surface area contributed by atoms with E-state index >= 15 is 0 Å². The maximum atomic E-state index is 12.6. The van der Waals surface area contributed by atoms with E-state index in [2.05, 4.69) is 10.6 Å². The van der Waals surface area contributed by atoms with Gasteiger partial charge in [0.2, 0.25) is 0 Å². The molecule has 0 aliphatic rings. The summed E-state index contributed by atoms with van der Waals surface area (Å²) in [4.78, 5) is 52.0. The molecule has 2 amide bonds. The summed E-state index contributed by atoms with van der Waals surface area (Å²) in [6.45, 7) is 1.44. The van der Waals surface area contributed by atoms with Crippen LogP contribution in [0.5, 0.6) is 0 Å². The number of carboxylic acid groups (broad SMARTS) is 2. The van der Waals surface area contributed by atoms with Gasteiger partial charge in [0.25, 0.3) is 11.8 Å². The average molecular weight is 394 g/mol. The van der Waals surface area contributed by atoms with E-state index in [1.54, 1.807) is 19.0 Å². The number of carbonyl (C=O) groups excluding carboxylic acids is 2. The topological polar surface area (TPSA) is 139 Å². The van der Waals surface area contributed by atoms with Crippen LogP contribution in [0.15, 0.2) is 12.1 Å². The highest BCUT2D eigenvalue weighted by Gasteiger charge is 2.29. The normalized spacial score (nSPS) is 10.8. The number of hydrogen-bond acceptors (Lipinski definition) is 6. The van der Waals surface area contributed by atoms with E-state index in [9.17, 15) is 29.4 Å². The van der Waals surface area contributed by atoms with Crippen molar-refractivity contribution in [2.45, 2.75) is 0 Å². The van der Waals surface area contributed by atoms with E-state index in [0.717, 1.165) is 12.1 Å². The lowest BCUT2D eigenvalue weighted by molar-refractivity contribution is 0.0680. The first-order chi connectivity index (χ1) is 13.1. The second kappa shape index (κ2) is 10.4. The molecule has 1 rings (SSSR count). The number of aromatic carboxylic acids is 2. The third-order valence-electron chi connectivity index (χ3n) is 3.81. The van der Waals surface area contributed by atoms with E-state index in [-0.39, 0.29) is 18.7 Å². The van der Waals surface area contributed by atoms with Crippen LogP contribution in [-0.2, 0) is 0 Å². The highest BCUT2D eigenvalue weighted by Crippen LogP contribution is 2.21. The number of nitrogens with one attached hydrogen (secondary N) is 2. The lowest BCUT2D eigenvalue weighted by Crippen LogP contribution is -2.35. The van der Waals surface area contributed by atoms with Gasteiger partial charge >= 0.3 is 11.9 Å². The third-order valence-corrected chi connectivity index (χ3v) is 3.81. The molecule has 0 bridgehead atoms. The molecule has 0 unspecified atom stereocenters. The van der Waals surface area contributed by atoms with Crippen LogP contribution >= 0.6 is 0 Å². The summed E-state index contributed by atoms with van der Waals surface area (Å²) in [5.41, 5.74) is -1.93. The predicted molar refractivity (Wildman–Crippen MR) is 102 cm³/mol. The number of benzene rings is 1. The Morgan fingerprint density at radius 3 is 1.64 bits per heavy atom. The quantitative estimate of drug-likeness (QED) is 0.423. The molecule has 0 heterocycles. The third kappa shape index (κ3) is 6.32. The van der Waals surface area contributed by atoms with Gasteiger partial charge in [0.1, 0.15) is 0 Å². The van der Waals surface area contributed by atoms with Gasteiger partial charge in [0, 0.05) is 26.2 Å². The minimum Gasteiger partial charge on any atom is -0.478 e. The Morgan fingerprint density at radius 1 is 0.750 bits per heavy atom. The lowest BCUT2D eigenvalue weighted by Gasteiger charge is -2.16. The molecule has 0 atom stereocenters. The van der Waals surface area contributed by atoms with Crippen molar-refractivity contribution in [3.05, 3.63) is 34.4 Å². The zero-order valence-corrected chi connectivity index (χ0v) is 16.4. The minimum absolute atomic E-state index is 0.184. The fraction of sp³-hybridized carbons (Fsp3) is 0.444. The van der Waals surface area contributed by atoms with Gasteiger partial charge in [-0.25, -0.2) is 9.59 Å². The summed E-state index contributed by atoms with van der Waals surface area (Å²) >= 11 is 0. The Labute approximate surface area is 163 Å². The minimum atomic E-state index is -1.56. The standard InChI is InChI=1S/C18H26N4O6/c1-21(2)9-7-19-15(23)11-5-6-12(17(25)26)13(14(11)18(27)28)16(24)20-8-10-22(3)4/h5-6H,7-10H2,1-4H3,(H,19,23)(H,20,24)(H,25,26)(H,27,28). The number of rotatable bonds is 10. The smallest absolute Gasteiger partial charge is 0.337 e. The van der Waals surface area contributed by atoms with Crippen molar-refractivity contribution < 1.29 is 29.4 Å². The molecule has 0 aliphatic heterocycles. The molecule has 1 aromatic carbocycles. The predicted octanol–water partition coefficient (Wildman–Crippen LogP) is -0.334. The van der Waals surface area contributed by atoms with Crippen molar-refractivity contribution in [3.8, 4) is 0 Å². The zero-order chi connectivity index (χ0) is 21.4. The number of carbonyl (C=O) groups is 4. The number of hydrogen-bond donors (Lipinski definition) is 4. The van der Waals surface area contributed by atoms with Gasteiger partial charge in [0.15, 0.2) is 0 Å². The maximum absolute atomic E-state index is 12.6. The summed E-state index contributed by atoms with van der Waals surface area (Å²) in [6.07, 6.45) is 0. The van der Waals surface area contributed by atoms with Crippen molar-refractivity contribution in [1.82, 2.24) is 20.4 Å². The monoisotopic (exact) mass is 394 g/mol. The van der Waals surface area contributed by atoms with Crippen molar-refractivity contribution in [2.75, 3.05) is 54.4 Å². The summed E-state index contributed by atoms with van der Waals surface area (Å²) < 4.78 is 0. The molecule has 0 radical (unpaired) electrons. The molecule has 0 aliphatic carbocycles. The lowest BCUT2D eigenvalue weighted by atomic mass is 9.94. The number of amides is 2. The van der Waals surface area contributed by atoms with Gasteiger partial charge in [-0.3, -0.25) is 9.59 Å². The Kier molecular flexibility index (Phi) is 8.55. The van der Waals surface area contributed by atoms with Crippen LogP contribution in [0.2, 0.25) is 0 Å². The number of likely N-dealkylation sites (N-methyl/N-ethyl adjacent to an activating group) is 2. The van der Waals surface area contributed by atoms with Gasteiger partial charge in [-0.05, 0) is 40.3 Å². The second-order valence-electron chi connectivity index (χ2n) is 6.64. The summed E-state index contributed by atoms with van der Waals surface area (Å²) in [6, 6.07) is 2.17. The van der Waals surface area contributed by atoms with Gasteiger partial charge in [0.05, 0.1) is 22.3 Å². The molecule has 154 valence electrons. The van der Waals surface area contributed by atoms with Gasteiger partial charge in [-0.2, -0.15) is 0 Å². The second-order valence-corrected chi connectivity index (χ2v) is 6.64. The Bertz CT molecular complexity index is 761. The molecule has 0 aromatic heterocycles. The van der Waals surface area contributed by atoms with Crippen LogP contribution in [0.25, 0.3) is 0 Å². The van der Waals surface area contributed by atoms with E-state index in [1.165, 1.54) is 0 Å². The van der Waals surface area contributed by atoms with Gasteiger partial charge < -0.3 is 30.6 Å². The highest BCUT2D eigenvalue weighted by atomic mass is 16.4. The zero-order valence-electron chi connectivity index (χ0n) is 16.4. The fourth-order valence-electron chi connectivity index (χ4n) is 2.40. The molecular weight excluding hydrogens is 368 g/mol. The molecule has 4 N–H and O–H groups in total. The Morgan fingerprint density at radius 2 is 1.21 bits per heavy atom. The van der Waals surface area contributed by atoms with E-state index in [4.69, 9.17) is 0 Å². The van der Waals surface area contributed by atoms with Crippen LogP contribution < -0.4 is 10.6 Å². The van der Waals surface area contributed by atoms with Crippen LogP contribution in [0.1, 0.15) is 41.4 Å². The van der Waals surface area contributed by atoms with Crippen LogP contribution in [-0.4, -0.2) is 98.1 Å². The summed E-state index contributed by atoms with van der Waals surface area (Å²) in [5.74, 6) is -4.57. The number of carboxylic acids is 2. The first-order valence-corrected chi connectivity index (χ1v) is 8.55. The summed E-state index contributed by atoms with van der Waals surface area (Å²) in [5, 5.41) is 24.1. The van der Waals surface area contributed by atoms with E-state index in [0.29, 0.717) is 13.1 Å². The van der Waals surface area contributed by atoms with E-state index < -0.39 is 40.4 Å². The Balaban J connectivity index is 3.33. The van der Waals surface area contributed by atoms with Crippen LogP contribution in [0, 0.1) is 0 Å². The number of nitrogens with zero attached hydrogens (tertiary/aromatic N) is 2. The molecule has 0 saturated carbocycles. The van der Waals surface area contributed by atoms with Crippen LogP contribution in [0.3, 0.4) is 0 Å². The SMILES string of the molecule is CN(C)CCNC(=O)c1ccc(C(=O)O)c(C(=O)NCCN(C)C)c1C(=O)O. The molecule has 0 fully saturated rings. The largest absolute Gasteiger partial charge is 0.478 e. The average Bonchev–Trinajstić information content (AvgIpc) is 2.59. The first kappa shape index (κ1) is 23.1. The van der Waals surface area contributed by atoms with Gasteiger partial charge in [-0.15, -0.1) is 0 Å². The molecule has 28 heavy (non-hydrogen) atoms. The van der Waals surface area contributed by atoms with Crippen LogP contribution in [0.4, 0.5) is 0 Å². The first-order valence-electron chi connectivity index (χ1n) is 8.55. The summed E-state index contributed by atoms with van der Waals surface area (Å²) in [7, 11) is 7.20. The molecule has 10 heteroatoms. The molecule has 0 saturated heterocycles. The Hall–Kier alpha value is -2.98. The molecule has 0 spiro atoms. The van der Waals surface area contributed by atoms with Crippen molar-refractivity contribution >= 4 is 23.8 Å². The molecule has 10 nitrogen and oxygen atoms in total. The fourth-order valence-corrected chi connectivity index (χ4v) is 2.40. The van der Waals surface area contributed by atoms with Crippen molar-refractivity contribution in [2.24, 2.45) is 0 Å². The highest BCUT2D eigenvalue weighted by molar-refractivity contribution is 6.16. The molecular formula is C18H26N4O6. The van der Waals surface area contributed by atoms with Gasteiger partial charge in [-0.1, -0.05) is 0 Å². The van der Waals surface area contributed by atoms with Crippen molar-refractivity contribution in [3.63, 3.8) is 0 Å².